The molecule has 0 spiro atoms. The van der Waals surface area contributed by atoms with E-state index in [1.807, 2.05) is 37.1 Å². The van der Waals surface area contributed by atoms with Crippen molar-refractivity contribution < 1.29 is 4.79 Å². The number of hydrogen-bond acceptors (Lipinski definition) is 3. The lowest BCUT2D eigenvalue weighted by Crippen LogP contribution is -2.44. The van der Waals surface area contributed by atoms with Crippen LogP contribution in [0.4, 0.5) is 0 Å². The van der Waals surface area contributed by atoms with Crippen molar-refractivity contribution in [2.24, 2.45) is 12.0 Å². The van der Waals surface area contributed by atoms with Gasteiger partial charge in [-0.3, -0.25) is 9.79 Å². The van der Waals surface area contributed by atoms with Gasteiger partial charge in [0, 0.05) is 39.6 Å². The normalized spacial score (nSPS) is 18.0. The Morgan fingerprint density at radius 2 is 2.20 bits per heavy atom. The van der Waals surface area contributed by atoms with Gasteiger partial charge in [-0.05, 0) is 18.6 Å². The molecule has 1 aromatic carbocycles. The number of imidazole rings is 1. The lowest BCUT2D eigenvalue weighted by molar-refractivity contribution is -0.129. The molecule has 1 unspecified atom stereocenters. The van der Waals surface area contributed by atoms with E-state index >= 15 is 0 Å². The van der Waals surface area contributed by atoms with E-state index in [9.17, 15) is 4.79 Å². The molecule has 1 atom stereocenters. The zero-order valence-electron chi connectivity index (χ0n) is 15.1. The number of nitrogens with zero attached hydrogens (tertiary/aromatic N) is 4. The number of aliphatic imine (C=N–C) groups is 1. The number of carbonyl (C=O) groups is 1. The van der Waals surface area contributed by atoms with Gasteiger partial charge >= 0.3 is 0 Å². The van der Waals surface area contributed by atoms with Crippen molar-refractivity contribution in [3.63, 3.8) is 0 Å². The summed E-state index contributed by atoms with van der Waals surface area (Å²) in [6.07, 6.45) is 1.51. The van der Waals surface area contributed by atoms with Gasteiger partial charge in [-0.25, -0.2) is 4.98 Å². The van der Waals surface area contributed by atoms with Gasteiger partial charge in [0.25, 0.3) is 0 Å². The molecule has 7 nitrogen and oxygen atoms in total. The summed E-state index contributed by atoms with van der Waals surface area (Å²) in [6, 6.07) is 8.34. The smallest absolute Gasteiger partial charge is 0.222 e. The summed E-state index contributed by atoms with van der Waals surface area (Å²) in [5, 5.41) is 6.73. The first-order valence-corrected chi connectivity index (χ1v) is 8.77. The van der Waals surface area contributed by atoms with Gasteiger partial charge in [0.15, 0.2) is 5.96 Å². The van der Waals surface area contributed by atoms with Crippen LogP contribution in [0, 0.1) is 0 Å². The molecule has 7 heteroatoms. The minimum absolute atomic E-state index is 0.215. The molecule has 1 amide bonds. The highest BCUT2D eigenvalue weighted by Crippen LogP contribution is 2.14. The Morgan fingerprint density at radius 3 is 2.92 bits per heavy atom. The van der Waals surface area contributed by atoms with Crippen LogP contribution in [-0.4, -0.2) is 52.5 Å². The maximum Gasteiger partial charge on any atom is 0.222 e. The molecule has 2 N–H and O–H groups in total. The van der Waals surface area contributed by atoms with Crippen molar-refractivity contribution in [1.29, 1.82) is 0 Å². The molecular weight excluding hydrogens is 316 g/mol. The maximum absolute atomic E-state index is 11.8. The van der Waals surface area contributed by atoms with Crippen LogP contribution < -0.4 is 10.6 Å². The first-order valence-electron chi connectivity index (χ1n) is 8.77. The molecule has 2 aromatic rings. The highest BCUT2D eigenvalue weighted by atomic mass is 16.2. The summed E-state index contributed by atoms with van der Waals surface area (Å²) in [5.41, 5.74) is 2.11. The predicted molar refractivity (Wildman–Crippen MR) is 99.3 cm³/mol. The highest BCUT2D eigenvalue weighted by molar-refractivity contribution is 5.81. The highest BCUT2D eigenvalue weighted by Gasteiger charge is 2.25. The van der Waals surface area contributed by atoms with Crippen LogP contribution in [0.15, 0.2) is 29.3 Å². The Labute approximate surface area is 148 Å². The van der Waals surface area contributed by atoms with Crippen molar-refractivity contribution >= 4 is 22.9 Å². The van der Waals surface area contributed by atoms with Gasteiger partial charge in [0.1, 0.15) is 5.82 Å². The van der Waals surface area contributed by atoms with E-state index in [1.165, 1.54) is 0 Å². The maximum atomic E-state index is 11.8. The number of para-hydroxylation sites is 2. The van der Waals surface area contributed by atoms with Crippen molar-refractivity contribution in [3.05, 3.63) is 30.1 Å². The van der Waals surface area contributed by atoms with Crippen LogP contribution in [0.3, 0.4) is 0 Å². The average Bonchev–Trinajstić information content (AvgIpc) is 3.23. The van der Waals surface area contributed by atoms with Gasteiger partial charge in [-0.2, -0.15) is 0 Å². The third kappa shape index (κ3) is 3.75. The van der Waals surface area contributed by atoms with Crippen LogP contribution >= 0.6 is 0 Å². The topological polar surface area (TPSA) is 74.6 Å². The quantitative estimate of drug-likeness (QED) is 0.648. The fourth-order valence-electron chi connectivity index (χ4n) is 3.23. The molecule has 25 heavy (non-hydrogen) atoms. The largest absolute Gasteiger partial charge is 0.352 e. The number of hydrogen-bond donors (Lipinski definition) is 2. The molecule has 1 aromatic heterocycles. The molecule has 2 heterocycles. The molecular formula is C18H26N6O. The Balaban J connectivity index is 1.58. The molecule has 0 saturated carbocycles. The van der Waals surface area contributed by atoms with Crippen LogP contribution in [-0.2, 0) is 18.4 Å². The number of benzene rings is 1. The van der Waals surface area contributed by atoms with Crippen LogP contribution in [0.1, 0.15) is 25.6 Å². The number of nitrogens with one attached hydrogen (secondary N) is 2. The van der Waals surface area contributed by atoms with E-state index in [0.717, 1.165) is 42.3 Å². The summed E-state index contributed by atoms with van der Waals surface area (Å²) in [7, 11) is 3.78. The van der Waals surface area contributed by atoms with Crippen LogP contribution in [0.5, 0.6) is 0 Å². The minimum atomic E-state index is 0.215. The molecule has 0 aliphatic carbocycles. The van der Waals surface area contributed by atoms with Crippen molar-refractivity contribution in [2.45, 2.75) is 32.4 Å². The number of carbonyl (C=O) groups excluding carboxylic acids is 1. The van der Waals surface area contributed by atoms with Crippen molar-refractivity contribution in [2.75, 3.05) is 20.1 Å². The van der Waals surface area contributed by atoms with Crippen molar-refractivity contribution in [1.82, 2.24) is 25.1 Å². The number of amides is 1. The summed E-state index contributed by atoms with van der Waals surface area (Å²) < 4.78 is 2.09. The fraction of sp³-hybridized carbons (Fsp3) is 0.500. The number of aromatic nitrogens is 2. The molecule has 3 rings (SSSR count). The Hall–Kier alpha value is -2.57. The minimum Gasteiger partial charge on any atom is -0.352 e. The van der Waals surface area contributed by atoms with E-state index in [2.05, 4.69) is 31.2 Å². The molecule has 1 saturated heterocycles. The second kappa shape index (κ2) is 7.55. The van der Waals surface area contributed by atoms with Gasteiger partial charge < -0.3 is 20.1 Å². The summed E-state index contributed by atoms with van der Waals surface area (Å²) >= 11 is 0. The summed E-state index contributed by atoms with van der Waals surface area (Å²) in [5.74, 6) is 1.91. The summed E-state index contributed by atoms with van der Waals surface area (Å²) in [6.45, 7) is 4.04. The Kier molecular flexibility index (Phi) is 5.21. The lowest BCUT2D eigenvalue weighted by Gasteiger charge is -2.18. The Morgan fingerprint density at radius 1 is 1.40 bits per heavy atom. The van der Waals surface area contributed by atoms with Gasteiger partial charge in [-0.1, -0.05) is 19.1 Å². The van der Waals surface area contributed by atoms with Gasteiger partial charge in [0.05, 0.1) is 17.6 Å². The van der Waals surface area contributed by atoms with Crippen LogP contribution in [0.2, 0.25) is 0 Å². The number of rotatable bonds is 4. The monoisotopic (exact) mass is 342 g/mol. The SMILES string of the molecule is CCC(=O)N1CCC(NC(=NC)NCc2nc3ccccc3n2C)C1. The third-order valence-corrected chi connectivity index (χ3v) is 4.70. The second-order valence-corrected chi connectivity index (χ2v) is 6.32. The van der Waals surface area contributed by atoms with E-state index in [-0.39, 0.29) is 11.9 Å². The first-order chi connectivity index (χ1) is 12.1. The molecule has 1 aliphatic rings. The van der Waals surface area contributed by atoms with E-state index < -0.39 is 0 Å². The zero-order valence-corrected chi connectivity index (χ0v) is 15.1. The van der Waals surface area contributed by atoms with Gasteiger partial charge in [-0.15, -0.1) is 0 Å². The molecule has 0 radical (unpaired) electrons. The zero-order chi connectivity index (χ0) is 17.8. The average molecular weight is 342 g/mol. The third-order valence-electron chi connectivity index (χ3n) is 4.70. The molecule has 1 aliphatic heterocycles. The van der Waals surface area contributed by atoms with E-state index in [0.29, 0.717) is 13.0 Å². The molecule has 0 bridgehead atoms. The predicted octanol–water partition coefficient (Wildman–Crippen LogP) is 1.25. The second-order valence-electron chi connectivity index (χ2n) is 6.32. The number of aryl methyl sites for hydroxylation is 1. The van der Waals surface area contributed by atoms with E-state index in [1.54, 1.807) is 7.05 Å². The molecule has 1 fully saturated rings. The van der Waals surface area contributed by atoms with Crippen LogP contribution in [0.25, 0.3) is 11.0 Å². The molecule has 134 valence electrons. The first kappa shape index (κ1) is 17.3. The lowest BCUT2D eigenvalue weighted by atomic mass is 10.3. The standard InChI is InChI=1S/C18H26N6O/c1-4-17(25)24-10-9-13(12-24)21-18(19-2)20-11-16-22-14-7-5-6-8-15(14)23(16)3/h5-8,13H,4,9-12H2,1-3H3,(H2,19,20,21). The fourth-order valence-corrected chi connectivity index (χ4v) is 3.23. The number of likely N-dealkylation sites (tertiary alicyclic amines) is 1. The summed E-state index contributed by atoms with van der Waals surface area (Å²) in [4.78, 5) is 22.7. The number of guanidine groups is 1. The van der Waals surface area contributed by atoms with Gasteiger partial charge in [0.2, 0.25) is 5.91 Å². The van der Waals surface area contributed by atoms with E-state index in [4.69, 9.17) is 0 Å². The Bertz CT molecular complexity index is 781. The number of fused-ring (bicyclic) bond motifs is 1. The van der Waals surface area contributed by atoms with Crippen molar-refractivity contribution in [3.8, 4) is 0 Å².